The normalized spacial score (nSPS) is 11.0. The van der Waals surface area contributed by atoms with Crippen LogP contribution in [0.5, 0.6) is 0 Å². The Labute approximate surface area is 105 Å². The predicted molar refractivity (Wildman–Crippen MR) is 73.1 cm³/mol. The monoisotopic (exact) mass is 238 g/mol. The fourth-order valence-electron chi connectivity index (χ4n) is 2.09. The average molecular weight is 238 g/mol. The van der Waals surface area contributed by atoms with E-state index in [1.807, 2.05) is 38.2 Å². The Kier molecular flexibility index (Phi) is 2.30. The van der Waals surface area contributed by atoms with Gasteiger partial charge in [0.25, 0.3) is 0 Å². The van der Waals surface area contributed by atoms with Gasteiger partial charge in [-0.1, -0.05) is 12.1 Å². The van der Waals surface area contributed by atoms with Gasteiger partial charge in [0.05, 0.1) is 11.7 Å². The second kappa shape index (κ2) is 3.84. The molecule has 0 saturated carbocycles. The Hall–Kier alpha value is -2.36. The molecular formula is C14H14N4. The molecule has 0 atom stereocenters. The number of nitrogens with two attached hydrogens (primary N) is 1. The Morgan fingerprint density at radius 2 is 2.06 bits per heavy atom. The largest absolute Gasteiger partial charge is 0.398 e. The molecule has 0 spiro atoms. The summed E-state index contributed by atoms with van der Waals surface area (Å²) in [5.74, 6) is 0.907. The van der Waals surface area contributed by atoms with Crippen molar-refractivity contribution in [3.05, 3.63) is 42.2 Å². The number of pyridine rings is 1. The molecule has 0 amide bonds. The van der Waals surface area contributed by atoms with Crippen LogP contribution in [0.2, 0.25) is 0 Å². The highest BCUT2D eigenvalue weighted by Gasteiger charge is 2.10. The average Bonchev–Trinajstić information content (AvgIpc) is 2.71. The maximum Gasteiger partial charge on any atom is 0.141 e. The first-order valence-electron chi connectivity index (χ1n) is 5.80. The summed E-state index contributed by atoms with van der Waals surface area (Å²) in [5.41, 5.74) is 10.8. The molecule has 2 aromatic heterocycles. The zero-order chi connectivity index (χ0) is 12.7. The molecule has 0 aliphatic rings. The van der Waals surface area contributed by atoms with Gasteiger partial charge in [-0.2, -0.15) is 0 Å². The fraction of sp³-hybridized carbons (Fsp3) is 0.143. The minimum Gasteiger partial charge on any atom is -0.398 e. The van der Waals surface area contributed by atoms with Gasteiger partial charge in [0.2, 0.25) is 0 Å². The van der Waals surface area contributed by atoms with Gasteiger partial charge < -0.3 is 10.3 Å². The van der Waals surface area contributed by atoms with E-state index < -0.39 is 0 Å². The molecule has 2 heterocycles. The first-order chi connectivity index (χ1) is 8.66. The number of hydrogen-bond acceptors (Lipinski definition) is 3. The topological polar surface area (TPSA) is 56.7 Å². The molecule has 1 aromatic carbocycles. The lowest BCUT2D eigenvalue weighted by atomic mass is 10.1. The molecule has 0 unspecified atom stereocenters. The SMILES string of the molecule is Cc1ccc(-c2nc3cnccc3n2C)cc1N. The van der Waals surface area contributed by atoms with Gasteiger partial charge in [0.1, 0.15) is 11.3 Å². The number of imidazole rings is 1. The van der Waals surface area contributed by atoms with Gasteiger partial charge in [-0.15, -0.1) is 0 Å². The van der Waals surface area contributed by atoms with Crippen molar-refractivity contribution < 1.29 is 0 Å². The van der Waals surface area contributed by atoms with Crippen molar-refractivity contribution in [1.82, 2.24) is 14.5 Å². The molecule has 3 rings (SSSR count). The van der Waals surface area contributed by atoms with Crippen molar-refractivity contribution in [2.75, 3.05) is 5.73 Å². The van der Waals surface area contributed by atoms with Crippen LogP contribution in [0.25, 0.3) is 22.4 Å². The van der Waals surface area contributed by atoms with Gasteiger partial charge in [-0.3, -0.25) is 4.98 Å². The van der Waals surface area contributed by atoms with Crippen LogP contribution in [0, 0.1) is 6.92 Å². The van der Waals surface area contributed by atoms with Crippen LogP contribution in [0.3, 0.4) is 0 Å². The minimum absolute atomic E-state index is 0.790. The van der Waals surface area contributed by atoms with E-state index in [-0.39, 0.29) is 0 Å². The van der Waals surface area contributed by atoms with E-state index in [1.165, 1.54) is 0 Å². The summed E-state index contributed by atoms with van der Waals surface area (Å²) in [6.45, 7) is 2.00. The summed E-state index contributed by atoms with van der Waals surface area (Å²) in [4.78, 5) is 8.69. The zero-order valence-corrected chi connectivity index (χ0v) is 10.4. The number of benzene rings is 1. The molecular weight excluding hydrogens is 224 g/mol. The van der Waals surface area contributed by atoms with Crippen molar-refractivity contribution in [3.63, 3.8) is 0 Å². The lowest BCUT2D eigenvalue weighted by Gasteiger charge is -2.05. The van der Waals surface area contributed by atoms with E-state index in [0.29, 0.717) is 0 Å². The van der Waals surface area contributed by atoms with Crippen molar-refractivity contribution in [2.45, 2.75) is 6.92 Å². The molecule has 0 fully saturated rings. The van der Waals surface area contributed by atoms with Crippen molar-refractivity contribution >= 4 is 16.7 Å². The molecule has 4 heteroatoms. The first-order valence-corrected chi connectivity index (χ1v) is 5.80. The number of aryl methyl sites for hydroxylation is 2. The summed E-state index contributed by atoms with van der Waals surface area (Å²) in [6.07, 6.45) is 3.55. The molecule has 3 aromatic rings. The summed E-state index contributed by atoms with van der Waals surface area (Å²) in [5, 5.41) is 0. The first kappa shape index (κ1) is 10.8. The molecule has 90 valence electrons. The molecule has 18 heavy (non-hydrogen) atoms. The summed E-state index contributed by atoms with van der Waals surface area (Å²) in [6, 6.07) is 7.98. The number of nitrogens with zero attached hydrogens (tertiary/aromatic N) is 3. The van der Waals surface area contributed by atoms with Gasteiger partial charge in [-0.05, 0) is 24.6 Å². The van der Waals surface area contributed by atoms with E-state index in [9.17, 15) is 0 Å². The summed E-state index contributed by atoms with van der Waals surface area (Å²) < 4.78 is 2.06. The smallest absolute Gasteiger partial charge is 0.141 e. The third kappa shape index (κ3) is 1.54. The summed E-state index contributed by atoms with van der Waals surface area (Å²) >= 11 is 0. The Morgan fingerprint density at radius 1 is 1.22 bits per heavy atom. The number of aromatic nitrogens is 3. The van der Waals surface area contributed by atoms with Crippen LogP contribution in [-0.4, -0.2) is 14.5 Å². The van der Waals surface area contributed by atoms with Crippen molar-refractivity contribution in [2.24, 2.45) is 7.05 Å². The van der Waals surface area contributed by atoms with Crippen LogP contribution < -0.4 is 5.73 Å². The second-order valence-corrected chi connectivity index (χ2v) is 4.43. The molecule has 0 aliphatic heterocycles. The molecule has 2 N–H and O–H groups in total. The third-order valence-corrected chi connectivity index (χ3v) is 3.22. The minimum atomic E-state index is 0.790. The van der Waals surface area contributed by atoms with E-state index in [1.54, 1.807) is 12.4 Å². The molecule has 0 saturated heterocycles. The lowest BCUT2D eigenvalue weighted by Crippen LogP contribution is -1.95. The van der Waals surface area contributed by atoms with Gasteiger partial charge in [0.15, 0.2) is 0 Å². The Bertz CT molecular complexity index is 728. The quantitative estimate of drug-likeness (QED) is 0.663. The van der Waals surface area contributed by atoms with Crippen LogP contribution in [0.4, 0.5) is 5.69 Å². The molecule has 4 nitrogen and oxygen atoms in total. The third-order valence-electron chi connectivity index (χ3n) is 3.22. The molecule has 0 bridgehead atoms. The van der Waals surface area contributed by atoms with Gasteiger partial charge in [0, 0.05) is 24.5 Å². The van der Waals surface area contributed by atoms with Crippen LogP contribution in [0.15, 0.2) is 36.7 Å². The predicted octanol–water partition coefficient (Wildman–Crippen LogP) is 2.53. The van der Waals surface area contributed by atoms with Crippen LogP contribution in [0.1, 0.15) is 5.56 Å². The lowest BCUT2D eigenvalue weighted by molar-refractivity contribution is 0.959. The van der Waals surface area contributed by atoms with Crippen molar-refractivity contribution in [1.29, 1.82) is 0 Å². The molecule has 0 radical (unpaired) electrons. The maximum atomic E-state index is 5.95. The highest BCUT2D eigenvalue weighted by atomic mass is 15.1. The van der Waals surface area contributed by atoms with Crippen LogP contribution in [-0.2, 0) is 7.05 Å². The van der Waals surface area contributed by atoms with E-state index in [0.717, 1.165) is 33.7 Å². The highest BCUT2D eigenvalue weighted by Crippen LogP contribution is 2.25. The highest BCUT2D eigenvalue weighted by molar-refractivity contribution is 5.80. The van der Waals surface area contributed by atoms with Crippen LogP contribution >= 0.6 is 0 Å². The Morgan fingerprint density at radius 3 is 2.78 bits per heavy atom. The van der Waals surface area contributed by atoms with Gasteiger partial charge in [-0.25, -0.2) is 4.98 Å². The number of fused-ring (bicyclic) bond motifs is 1. The maximum absolute atomic E-state index is 5.95. The van der Waals surface area contributed by atoms with Crippen molar-refractivity contribution in [3.8, 4) is 11.4 Å². The fourth-order valence-corrected chi connectivity index (χ4v) is 2.09. The van der Waals surface area contributed by atoms with E-state index in [4.69, 9.17) is 5.73 Å². The Balaban J connectivity index is 2.25. The number of hydrogen-bond donors (Lipinski definition) is 1. The molecule has 0 aliphatic carbocycles. The summed E-state index contributed by atoms with van der Waals surface area (Å²) in [7, 11) is 2.00. The van der Waals surface area contributed by atoms with E-state index in [2.05, 4.69) is 14.5 Å². The second-order valence-electron chi connectivity index (χ2n) is 4.43. The van der Waals surface area contributed by atoms with E-state index >= 15 is 0 Å². The number of nitrogen functional groups attached to an aromatic ring is 1. The standard InChI is InChI=1S/C14H14N4/c1-9-3-4-10(7-11(9)15)14-17-12-8-16-6-5-13(12)18(14)2/h3-8H,15H2,1-2H3. The number of rotatable bonds is 1. The zero-order valence-electron chi connectivity index (χ0n) is 10.4. The van der Waals surface area contributed by atoms with Gasteiger partial charge >= 0.3 is 0 Å². The number of anilines is 1.